The fourth-order valence-electron chi connectivity index (χ4n) is 3.50. The molecule has 0 saturated heterocycles. The second-order valence-corrected chi connectivity index (χ2v) is 7.81. The van der Waals surface area contributed by atoms with Crippen LogP contribution in [0.1, 0.15) is 24.8 Å². The lowest BCUT2D eigenvalue weighted by Crippen LogP contribution is -2.09. The lowest BCUT2D eigenvalue weighted by Gasteiger charge is -2.10. The van der Waals surface area contributed by atoms with Gasteiger partial charge < -0.3 is 24.1 Å². The van der Waals surface area contributed by atoms with E-state index in [-0.39, 0.29) is 47.3 Å². The fraction of sp³-hybridized carbons (Fsp3) is 0.148. The standard InChI is InChI=1S/C27H22O8/c28-22-13-20(33-15-17-5-2-1-3-6-17)14-23-26(22)27(32)21(16-34-23)18-9-11-19(12-10-18)35-25(31)8-4-7-24(29)30/h1-3,5-6,9-14,16,28H,4,7-8,15H2,(H,29,30). The third kappa shape index (κ3) is 5.86. The molecule has 1 aromatic heterocycles. The van der Waals surface area contributed by atoms with E-state index < -0.39 is 17.4 Å². The summed E-state index contributed by atoms with van der Waals surface area (Å²) in [4.78, 5) is 35.4. The second-order valence-electron chi connectivity index (χ2n) is 7.81. The lowest BCUT2D eigenvalue weighted by atomic mass is 10.0. The number of phenolic OH excluding ortho intramolecular Hbond substituents is 1. The molecule has 0 aliphatic carbocycles. The van der Waals surface area contributed by atoms with Crippen LogP contribution in [-0.4, -0.2) is 22.2 Å². The zero-order chi connectivity index (χ0) is 24.8. The first kappa shape index (κ1) is 23.6. The number of carboxylic acids is 1. The first-order valence-electron chi connectivity index (χ1n) is 10.9. The molecule has 0 bridgehead atoms. The monoisotopic (exact) mass is 474 g/mol. The summed E-state index contributed by atoms with van der Waals surface area (Å²) in [5.41, 5.74) is 1.46. The predicted molar refractivity (Wildman–Crippen MR) is 127 cm³/mol. The SMILES string of the molecule is O=C(O)CCCC(=O)Oc1ccc(-c2coc3cc(OCc4ccccc4)cc(O)c3c2=O)cc1. The lowest BCUT2D eigenvalue weighted by molar-refractivity contribution is -0.137. The van der Waals surface area contributed by atoms with Gasteiger partial charge in [-0.25, -0.2) is 0 Å². The normalized spacial score (nSPS) is 10.7. The predicted octanol–water partition coefficient (Wildman–Crippen LogP) is 4.90. The number of esters is 1. The highest BCUT2D eigenvalue weighted by molar-refractivity contribution is 5.88. The Balaban J connectivity index is 1.50. The van der Waals surface area contributed by atoms with E-state index in [1.807, 2.05) is 30.3 Å². The van der Waals surface area contributed by atoms with Gasteiger partial charge in [0.25, 0.3) is 0 Å². The number of rotatable bonds is 9. The summed E-state index contributed by atoms with van der Waals surface area (Å²) in [7, 11) is 0. The van der Waals surface area contributed by atoms with Gasteiger partial charge in [0.1, 0.15) is 41.1 Å². The quantitative estimate of drug-likeness (QED) is 0.259. The molecule has 0 aliphatic heterocycles. The van der Waals surface area contributed by atoms with Crippen LogP contribution in [0.4, 0.5) is 0 Å². The van der Waals surface area contributed by atoms with E-state index in [4.69, 9.17) is 19.0 Å². The topological polar surface area (TPSA) is 123 Å². The molecule has 3 aromatic carbocycles. The molecule has 35 heavy (non-hydrogen) atoms. The minimum absolute atomic E-state index is 0.0152. The number of fused-ring (bicyclic) bond motifs is 1. The number of benzene rings is 3. The summed E-state index contributed by atoms with van der Waals surface area (Å²) in [5.74, 6) is -1.14. The Morgan fingerprint density at radius 2 is 1.66 bits per heavy atom. The maximum Gasteiger partial charge on any atom is 0.311 e. The van der Waals surface area contributed by atoms with Gasteiger partial charge in [-0.3, -0.25) is 14.4 Å². The molecule has 0 amide bonds. The molecule has 0 aliphatic rings. The number of ether oxygens (including phenoxy) is 2. The van der Waals surface area contributed by atoms with Crippen LogP contribution in [0.5, 0.6) is 17.2 Å². The molecule has 2 N–H and O–H groups in total. The summed E-state index contributed by atoms with van der Waals surface area (Å²) < 4.78 is 16.5. The maximum absolute atomic E-state index is 13.1. The van der Waals surface area contributed by atoms with E-state index in [9.17, 15) is 19.5 Å². The Morgan fingerprint density at radius 1 is 0.914 bits per heavy atom. The van der Waals surface area contributed by atoms with Gasteiger partial charge in [0.15, 0.2) is 0 Å². The number of hydrogen-bond acceptors (Lipinski definition) is 7. The molecular weight excluding hydrogens is 452 g/mol. The average Bonchev–Trinajstić information content (AvgIpc) is 2.84. The minimum atomic E-state index is -0.974. The zero-order valence-corrected chi connectivity index (χ0v) is 18.6. The van der Waals surface area contributed by atoms with Crippen molar-refractivity contribution in [1.82, 2.24) is 0 Å². The molecular formula is C27H22O8. The number of carboxylic acid groups (broad SMARTS) is 1. The largest absolute Gasteiger partial charge is 0.507 e. The first-order chi connectivity index (χ1) is 16.9. The third-order valence-electron chi connectivity index (χ3n) is 5.25. The summed E-state index contributed by atoms with van der Waals surface area (Å²) in [6.07, 6.45) is 1.36. The van der Waals surface area contributed by atoms with E-state index in [1.54, 1.807) is 18.2 Å². The van der Waals surface area contributed by atoms with Crippen molar-refractivity contribution in [2.75, 3.05) is 0 Å². The molecule has 0 saturated carbocycles. The third-order valence-corrected chi connectivity index (χ3v) is 5.25. The van der Waals surface area contributed by atoms with Crippen LogP contribution in [0.15, 0.2) is 82.2 Å². The van der Waals surface area contributed by atoms with E-state index >= 15 is 0 Å². The van der Waals surface area contributed by atoms with Gasteiger partial charge in [0, 0.05) is 25.0 Å². The van der Waals surface area contributed by atoms with Crippen molar-refractivity contribution in [2.24, 2.45) is 0 Å². The molecule has 0 fully saturated rings. The Kier molecular flexibility index (Phi) is 7.11. The van der Waals surface area contributed by atoms with Gasteiger partial charge >= 0.3 is 11.9 Å². The van der Waals surface area contributed by atoms with Crippen molar-refractivity contribution in [3.63, 3.8) is 0 Å². The van der Waals surface area contributed by atoms with Crippen LogP contribution in [0, 0.1) is 0 Å². The molecule has 8 heteroatoms. The van der Waals surface area contributed by atoms with Gasteiger partial charge in [-0.1, -0.05) is 42.5 Å². The summed E-state index contributed by atoms with van der Waals surface area (Å²) >= 11 is 0. The van der Waals surface area contributed by atoms with Gasteiger partial charge in [-0.15, -0.1) is 0 Å². The smallest absolute Gasteiger partial charge is 0.311 e. The molecule has 0 radical (unpaired) electrons. The van der Waals surface area contributed by atoms with Crippen molar-refractivity contribution in [3.05, 3.63) is 88.8 Å². The number of carbonyl (C=O) groups excluding carboxylic acids is 1. The second kappa shape index (κ2) is 10.6. The Hall–Kier alpha value is -4.59. The van der Waals surface area contributed by atoms with Crippen LogP contribution in [0.25, 0.3) is 22.1 Å². The number of phenols is 1. The van der Waals surface area contributed by atoms with Gasteiger partial charge in [-0.05, 0) is 29.7 Å². The number of carbonyl (C=O) groups is 2. The molecule has 8 nitrogen and oxygen atoms in total. The number of aromatic hydroxyl groups is 1. The van der Waals surface area contributed by atoms with Crippen molar-refractivity contribution in [1.29, 1.82) is 0 Å². The Morgan fingerprint density at radius 3 is 2.37 bits per heavy atom. The van der Waals surface area contributed by atoms with Crippen molar-refractivity contribution >= 4 is 22.9 Å². The molecule has 4 aromatic rings. The molecule has 178 valence electrons. The highest BCUT2D eigenvalue weighted by atomic mass is 16.5. The first-order valence-corrected chi connectivity index (χ1v) is 10.9. The Bertz CT molecular complexity index is 1410. The molecule has 4 rings (SSSR count). The number of hydrogen-bond donors (Lipinski definition) is 2. The van der Waals surface area contributed by atoms with Crippen LogP contribution >= 0.6 is 0 Å². The molecule has 0 unspecified atom stereocenters. The van der Waals surface area contributed by atoms with E-state index in [0.29, 0.717) is 17.9 Å². The van der Waals surface area contributed by atoms with Crippen molar-refractivity contribution in [3.8, 4) is 28.4 Å². The minimum Gasteiger partial charge on any atom is -0.507 e. The van der Waals surface area contributed by atoms with Crippen LogP contribution < -0.4 is 14.9 Å². The highest BCUT2D eigenvalue weighted by Gasteiger charge is 2.15. The van der Waals surface area contributed by atoms with Gasteiger partial charge in [0.2, 0.25) is 5.43 Å². The zero-order valence-electron chi connectivity index (χ0n) is 18.6. The average molecular weight is 474 g/mol. The fourth-order valence-corrected chi connectivity index (χ4v) is 3.50. The summed E-state index contributed by atoms with van der Waals surface area (Å²) in [5, 5.41) is 19.2. The van der Waals surface area contributed by atoms with Gasteiger partial charge in [0.05, 0.1) is 5.56 Å². The van der Waals surface area contributed by atoms with E-state index in [1.165, 1.54) is 24.5 Å². The van der Waals surface area contributed by atoms with E-state index in [0.717, 1.165) is 5.56 Å². The maximum atomic E-state index is 13.1. The number of aliphatic carboxylic acids is 1. The highest BCUT2D eigenvalue weighted by Crippen LogP contribution is 2.31. The van der Waals surface area contributed by atoms with Crippen molar-refractivity contribution in [2.45, 2.75) is 25.9 Å². The molecule has 0 atom stereocenters. The van der Waals surface area contributed by atoms with Gasteiger partial charge in [-0.2, -0.15) is 0 Å². The van der Waals surface area contributed by atoms with Crippen LogP contribution in [0.3, 0.4) is 0 Å². The van der Waals surface area contributed by atoms with Crippen LogP contribution in [0.2, 0.25) is 0 Å². The van der Waals surface area contributed by atoms with E-state index in [2.05, 4.69) is 0 Å². The molecule has 1 heterocycles. The van der Waals surface area contributed by atoms with Crippen molar-refractivity contribution < 1.29 is 33.7 Å². The van der Waals surface area contributed by atoms with Crippen LogP contribution in [-0.2, 0) is 16.2 Å². The molecule has 0 spiro atoms. The Labute approximate surface area is 200 Å². The summed E-state index contributed by atoms with van der Waals surface area (Å²) in [6, 6.07) is 18.7. The summed E-state index contributed by atoms with van der Waals surface area (Å²) in [6.45, 7) is 0.296.